The summed E-state index contributed by atoms with van der Waals surface area (Å²) in [6.07, 6.45) is 0. The van der Waals surface area contributed by atoms with Crippen molar-refractivity contribution in [1.29, 1.82) is 0 Å². The van der Waals surface area contributed by atoms with Crippen molar-refractivity contribution in [2.24, 2.45) is 0 Å². The fourth-order valence-corrected chi connectivity index (χ4v) is 7.85. The summed E-state index contributed by atoms with van der Waals surface area (Å²) < 4.78 is 5.29. The van der Waals surface area contributed by atoms with Crippen molar-refractivity contribution in [3.8, 4) is 0 Å². The monoisotopic (exact) mass is 507 g/mol. The van der Waals surface area contributed by atoms with Gasteiger partial charge >= 0.3 is 0 Å². The van der Waals surface area contributed by atoms with Gasteiger partial charge < -0.3 is 4.90 Å². The van der Waals surface area contributed by atoms with Crippen molar-refractivity contribution in [3.63, 3.8) is 0 Å². The minimum absolute atomic E-state index is 1.16. The van der Waals surface area contributed by atoms with Gasteiger partial charge in [-0.3, -0.25) is 0 Å². The number of hydrogen-bond acceptors (Lipinski definition) is 3. The number of fused-ring (bicyclic) bond motifs is 8. The molecule has 6 aromatic carbocycles. The van der Waals surface area contributed by atoms with E-state index in [9.17, 15) is 0 Å². The maximum atomic E-state index is 2.43. The van der Waals surface area contributed by atoms with Crippen molar-refractivity contribution in [2.75, 3.05) is 4.90 Å². The summed E-state index contributed by atoms with van der Waals surface area (Å²) in [5.74, 6) is 0. The van der Waals surface area contributed by atoms with E-state index in [1.165, 1.54) is 62.5 Å². The molecule has 0 unspecified atom stereocenters. The molecule has 2 aromatic heterocycles. The van der Waals surface area contributed by atoms with Crippen LogP contribution in [0, 0.1) is 0 Å². The van der Waals surface area contributed by atoms with E-state index >= 15 is 0 Å². The molecule has 0 saturated heterocycles. The number of para-hydroxylation sites is 1. The van der Waals surface area contributed by atoms with Gasteiger partial charge in [0.05, 0.1) is 5.69 Å². The van der Waals surface area contributed by atoms with Gasteiger partial charge in [0.1, 0.15) is 0 Å². The number of thiophene rings is 2. The topological polar surface area (TPSA) is 3.24 Å². The molecular formula is C34H21NS2. The van der Waals surface area contributed by atoms with Gasteiger partial charge in [0.2, 0.25) is 0 Å². The number of nitrogens with zero attached hydrogens (tertiary/aromatic N) is 1. The zero-order valence-electron chi connectivity index (χ0n) is 19.9. The highest BCUT2D eigenvalue weighted by atomic mass is 32.1. The second kappa shape index (κ2) is 8.17. The summed E-state index contributed by atoms with van der Waals surface area (Å²) in [5, 5.41) is 7.90. The minimum Gasteiger partial charge on any atom is -0.310 e. The van der Waals surface area contributed by atoms with E-state index in [-0.39, 0.29) is 0 Å². The normalized spacial score (nSPS) is 11.8. The van der Waals surface area contributed by atoms with Gasteiger partial charge in [0.25, 0.3) is 0 Å². The molecule has 0 saturated carbocycles. The first-order chi connectivity index (χ1) is 18.3. The van der Waals surface area contributed by atoms with Crippen LogP contribution in [0.4, 0.5) is 17.1 Å². The molecule has 0 fully saturated rings. The summed E-state index contributed by atoms with van der Waals surface area (Å²) in [4.78, 5) is 2.43. The molecule has 0 bridgehead atoms. The molecule has 1 nitrogen and oxygen atoms in total. The van der Waals surface area contributed by atoms with E-state index in [0.717, 1.165) is 5.69 Å². The third-order valence-electron chi connectivity index (χ3n) is 7.24. The summed E-state index contributed by atoms with van der Waals surface area (Å²) in [5.41, 5.74) is 3.55. The quantitative estimate of drug-likeness (QED) is 0.230. The van der Waals surface area contributed by atoms with Crippen LogP contribution in [0.25, 0.3) is 51.1 Å². The number of hydrogen-bond donors (Lipinski definition) is 0. The van der Waals surface area contributed by atoms with Crippen LogP contribution in [-0.4, -0.2) is 0 Å². The molecule has 174 valence electrons. The molecule has 8 aromatic rings. The molecule has 0 spiro atoms. The lowest BCUT2D eigenvalue weighted by atomic mass is 10.0. The maximum Gasteiger partial charge on any atom is 0.0554 e. The van der Waals surface area contributed by atoms with E-state index in [4.69, 9.17) is 0 Å². The van der Waals surface area contributed by atoms with Crippen LogP contribution >= 0.6 is 22.7 Å². The molecule has 0 atom stereocenters. The largest absolute Gasteiger partial charge is 0.310 e. The Bertz CT molecular complexity index is 2100. The second-order valence-electron chi connectivity index (χ2n) is 9.36. The molecule has 0 aliphatic rings. The highest BCUT2D eigenvalue weighted by Gasteiger charge is 2.19. The lowest BCUT2D eigenvalue weighted by Gasteiger charge is -2.26. The molecule has 0 aliphatic carbocycles. The van der Waals surface area contributed by atoms with Gasteiger partial charge in [-0.25, -0.2) is 0 Å². The van der Waals surface area contributed by atoms with Crippen LogP contribution in [0.1, 0.15) is 0 Å². The van der Waals surface area contributed by atoms with E-state index in [1.54, 1.807) is 0 Å². The van der Waals surface area contributed by atoms with Crippen molar-refractivity contribution in [3.05, 3.63) is 127 Å². The molecule has 37 heavy (non-hydrogen) atoms. The number of benzene rings is 6. The summed E-state index contributed by atoms with van der Waals surface area (Å²) >= 11 is 3.74. The van der Waals surface area contributed by atoms with Gasteiger partial charge in [-0.1, -0.05) is 72.8 Å². The average molecular weight is 508 g/mol. The van der Waals surface area contributed by atoms with E-state index in [2.05, 4.69) is 132 Å². The smallest absolute Gasteiger partial charge is 0.0554 e. The molecule has 0 amide bonds. The van der Waals surface area contributed by atoms with Gasteiger partial charge in [0.15, 0.2) is 0 Å². The summed E-state index contributed by atoms with van der Waals surface area (Å²) in [7, 11) is 0. The molecule has 3 heteroatoms. The van der Waals surface area contributed by atoms with E-state index in [1.807, 2.05) is 22.7 Å². The molecule has 0 radical (unpaired) electrons. The Morgan fingerprint density at radius 2 is 1.08 bits per heavy atom. The number of rotatable bonds is 3. The number of anilines is 3. The second-order valence-corrected chi connectivity index (χ2v) is 11.5. The van der Waals surface area contributed by atoms with Gasteiger partial charge in [-0.2, -0.15) is 0 Å². The highest BCUT2D eigenvalue weighted by molar-refractivity contribution is 7.26. The summed E-state index contributed by atoms with van der Waals surface area (Å²) in [6.45, 7) is 0. The molecule has 0 aliphatic heterocycles. The van der Waals surface area contributed by atoms with Gasteiger partial charge in [-0.05, 0) is 65.4 Å². The van der Waals surface area contributed by atoms with Gasteiger partial charge in [0, 0.05) is 51.7 Å². The van der Waals surface area contributed by atoms with Gasteiger partial charge in [-0.15, -0.1) is 22.7 Å². The minimum atomic E-state index is 1.16. The predicted octanol–water partition coefficient (Wildman–Crippen LogP) is 11.0. The molecular weight excluding hydrogens is 487 g/mol. The van der Waals surface area contributed by atoms with E-state index in [0.29, 0.717) is 0 Å². The lowest BCUT2D eigenvalue weighted by Crippen LogP contribution is -2.10. The summed E-state index contributed by atoms with van der Waals surface area (Å²) in [6, 6.07) is 46.4. The third-order valence-corrected chi connectivity index (χ3v) is 9.51. The predicted molar refractivity (Wildman–Crippen MR) is 164 cm³/mol. The standard InChI is InChI=1S/C34H21NS2/c1-2-10-23(11-3-1)35(28-14-8-16-31-34(28)26-13-6-7-15-29(26)36-31)24-18-20-30-27(21-24)33-25-12-5-4-9-22(25)17-19-32(33)37-30/h1-21H. The Kier molecular flexibility index (Phi) is 4.63. The van der Waals surface area contributed by atoms with Crippen molar-refractivity contribution in [2.45, 2.75) is 0 Å². The third kappa shape index (κ3) is 3.21. The molecule has 0 N–H and O–H groups in total. The van der Waals surface area contributed by atoms with Crippen molar-refractivity contribution in [1.82, 2.24) is 0 Å². The van der Waals surface area contributed by atoms with Crippen molar-refractivity contribution < 1.29 is 0 Å². The maximum absolute atomic E-state index is 2.43. The SMILES string of the molecule is c1ccc(N(c2ccc3sc4ccc5ccccc5c4c3c2)c2cccc3sc4ccccc4c23)cc1. The van der Waals surface area contributed by atoms with Crippen molar-refractivity contribution >= 4 is 90.9 Å². The van der Waals surface area contributed by atoms with Crippen LogP contribution in [0.3, 0.4) is 0 Å². The first kappa shape index (κ1) is 21.0. The zero-order valence-corrected chi connectivity index (χ0v) is 21.5. The molecule has 2 heterocycles. The first-order valence-corrected chi connectivity index (χ1v) is 14.1. The average Bonchev–Trinajstić information content (AvgIpc) is 3.52. The Hall–Kier alpha value is -4.18. The Balaban J connectivity index is 1.45. The van der Waals surface area contributed by atoms with Crippen LogP contribution in [-0.2, 0) is 0 Å². The van der Waals surface area contributed by atoms with Crippen LogP contribution in [0.15, 0.2) is 127 Å². The van der Waals surface area contributed by atoms with Crippen LogP contribution < -0.4 is 4.90 Å². The van der Waals surface area contributed by atoms with E-state index < -0.39 is 0 Å². The Morgan fingerprint density at radius 3 is 1.97 bits per heavy atom. The zero-order chi connectivity index (χ0) is 24.3. The fraction of sp³-hybridized carbons (Fsp3) is 0. The van der Waals surface area contributed by atoms with Crippen LogP contribution in [0.2, 0.25) is 0 Å². The molecule has 8 rings (SSSR count). The van der Waals surface area contributed by atoms with Crippen LogP contribution in [0.5, 0.6) is 0 Å². The fourth-order valence-electron chi connectivity index (χ4n) is 5.62. The Labute approximate surface area is 222 Å². The lowest BCUT2D eigenvalue weighted by molar-refractivity contribution is 1.31. The first-order valence-electron chi connectivity index (χ1n) is 12.4. The Morgan fingerprint density at radius 1 is 0.405 bits per heavy atom. The highest BCUT2D eigenvalue weighted by Crippen LogP contribution is 2.46.